The second-order valence-electron chi connectivity index (χ2n) is 6.23. The van der Waals surface area contributed by atoms with Crippen LogP contribution >= 0.6 is 0 Å². The third-order valence-corrected chi connectivity index (χ3v) is 4.32. The van der Waals surface area contributed by atoms with E-state index >= 15 is 0 Å². The Bertz CT molecular complexity index is 499. The number of rotatable bonds is 3. The SMILES string of the molecule is NC1CC(CC2CC2)CN(C(=O)c2ccccc2F)C1. The van der Waals surface area contributed by atoms with Crippen molar-refractivity contribution in [2.45, 2.75) is 31.7 Å². The molecule has 0 bridgehead atoms. The Labute approximate surface area is 118 Å². The predicted octanol–water partition coefficient (Wildman–Crippen LogP) is 2.42. The minimum Gasteiger partial charge on any atom is -0.337 e. The Kier molecular flexibility index (Phi) is 3.74. The monoisotopic (exact) mass is 276 g/mol. The molecule has 20 heavy (non-hydrogen) atoms. The van der Waals surface area contributed by atoms with Crippen LogP contribution in [0.5, 0.6) is 0 Å². The Morgan fingerprint density at radius 2 is 2.00 bits per heavy atom. The number of nitrogens with zero attached hydrogens (tertiary/aromatic N) is 1. The van der Waals surface area contributed by atoms with E-state index in [1.165, 1.54) is 18.9 Å². The van der Waals surface area contributed by atoms with Gasteiger partial charge >= 0.3 is 0 Å². The van der Waals surface area contributed by atoms with Gasteiger partial charge in [0.05, 0.1) is 5.56 Å². The van der Waals surface area contributed by atoms with Gasteiger partial charge in [0.25, 0.3) is 5.91 Å². The fraction of sp³-hybridized carbons (Fsp3) is 0.562. The summed E-state index contributed by atoms with van der Waals surface area (Å²) in [7, 11) is 0. The molecule has 1 aliphatic carbocycles. The van der Waals surface area contributed by atoms with Crippen LogP contribution in [0.4, 0.5) is 4.39 Å². The second-order valence-corrected chi connectivity index (χ2v) is 6.23. The molecule has 1 heterocycles. The number of nitrogens with two attached hydrogens (primary N) is 1. The first-order valence-electron chi connectivity index (χ1n) is 7.43. The molecular formula is C16H21FN2O. The van der Waals surface area contributed by atoms with Crippen molar-refractivity contribution < 1.29 is 9.18 Å². The van der Waals surface area contributed by atoms with Gasteiger partial charge in [-0.25, -0.2) is 4.39 Å². The number of likely N-dealkylation sites (tertiary alicyclic amines) is 1. The van der Waals surface area contributed by atoms with E-state index in [0.717, 1.165) is 25.3 Å². The van der Waals surface area contributed by atoms with Crippen LogP contribution in [0.3, 0.4) is 0 Å². The first-order chi connectivity index (χ1) is 9.63. The Hall–Kier alpha value is -1.42. The summed E-state index contributed by atoms with van der Waals surface area (Å²) in [6.07, 6.45) is 4.77. The number of halogens is 1. The molecule has 1 aliphatic heterocycles. The number of hydrogen-bond acceptors (Lipinski definition) is 2. The lowest BCUT2D eigenvalue weighted by Crippen LogP contribution is -2.49. The van der Waals surface area contributed by atoms with Gasteiger partial charge in [-0.15, -0.1) is 0 Å². The van der Waals surface area contributed by atoms with Crippen LogP contribution in [0.2, 0.25) is 0 Å². The largest absolute Gasteiger partial charge is 0.337 e. The smallest absolute Gasteiger partial charge is 0.256 e. The fourth-order valence-corrected chi connectivity index (χ4v) is 3.21. The lowest BCUT2D eigenvalue weighted by Gasteiger charge is -2.36. The molecule has 2 aliphatic rings. The number of benzene rings is 1. The van der Waals surface area contributed by atoms with Gasteiger partial charge in [0.2, 0.25) is 0 Å². The molecule has 0 radical (unpaired) electrons. The van der Waals surface area contributed by atoms with Crippen molar-refractivity contribution in [3.05, 3.63) is 35.6 Å². The molecule has 2 atom stereocenters. The van der Waals surface area contributed by atoms with E-state index in [2.05, 4.69) is 0 Å². The highest BCUT2D eigenvalue weighted by molar-refractivity contribution is 5.94. The molecule has 1 saturated heterocycles. The van der Waals surface area contributed by atoms with E-state index in [1.807, 2.05) is 0 Å². The molecule has 2 N–H and O–H groups in total. The number of hydrogen-bond donors (Lipinski definition) is 1. The van der Waals surface area contributed by atoms with Gasteiger partial charge in [0, 0.05) is 19.1 Å². The van der Waals surface area contributed by atoms with Crippen molar-refractivity contribution in [1.82, 2.24) is 4.90 Å². The van der Waals surface area contributed by atoms with Gasteiger partial charge in [0.1, 0.15) is 5.82 Å². The average Bonchev–Trinajstić information content (AvgIpc) is 3.22. The van der Waals surface area contributed by atoms with Gasteiger partial charge in [-0.05, 0) is 36.8 Å². The van der Waals surface area contributed by atoms with Crippen LogP contribution < -0.4 is 5.73 Å². The zero-order valence-electron chi connectivity index (χ0n) is 11.6. The molecular weight excluding hydrogens is 255 g/mol. The van der Waals surface area contributed by atoms with Crippen LogP contribution in [-0.2, 0) is 0 Å². The first-order valence-corrected chi connectivity index (χ1v) is 7.43. The highest BCUT2D eigenvalue weighted by atomic mass is 19.1. The molecule has 2 fully saturated rings. The molecule has 3 rings (SSSR count). The van der Waals surface area contributed by atoms with Crippen molar-refractivity contribution in [2.24, 2.45) is 17.6 Å². The van der Waals surface area contributed by atoms with E-state index in [0.29, 0.717) is 12.5 Å². The Morgan fingerprint density at radius 1 is 1.25 bits per heavy atom. The van der Waals surface area contributed by atoms with Crippen LogP contribution in [0, 0.1) is 17.7 Å². The lowest BCUT2D eigenvalue weighted by molar-refractivity contribution is 0.0634. The van der Waals surface area contributed by atoms with Crippen molar-refractivity contribution in [3.8, 4) is 0 Å². The summed E-state index contributed by atoms with van der Waals surface area (Å²) in [5.74, 6) is 0.632. The number of carbonyl (C=O) groups is 1. The molecule has 1 amide bonds. The highest BCUT2D eigenvalue weighted by Gasteiger charge is 2.33. The van der Waals surface area contributed by atoms with Gasteiger partial charge < -0.3 is 10.6 Å². The predicted molar refractivity (Wildman–Crippen MR) is 75.7 cm³/mol. The summed E-state index contributed by atoms with van der Waals surface area (Å²) < 4.78 is 13.7. The van der Waals surface area contributed by atoms with Crippen molar-refractivity contribution >= 4 is 5.91 Å². The molecule has 3 nitrogen and oxygen atoms in total. The van der Waals surface area contributed by atoms with Gasteiger partial charge in [0.15, 0.2) is 0 Å². The van der Waals surface area contributed by atoms with E-state index < -0.39 is 5.82 Å². The second kappa shape index (κ2) is 5.52. The van der Waals surface area contributed by atoms with Crippen LogP contribution in [0.25, 0.3) is 0 Å². The van der Waals surface area contributed by atoms with Crippen LogP contribution in [-0.4, -0.2) is 29.9 Å². The standard InChI is InChI=1S/C16H21FN2O/c17-15-4-2-1-3-14(15)16(20)19-9-12(7-11-5-6-11)8-13(18)10-19/h1-4,11-13H,5-10,18H2. The molecule has 1 aromatic rings. The van der Waals surface area contributed by atoms with E-state index in [-0.39, 0.29) is 17.5 Å². The van der Waals surface area contributed by atoms with E-state index in [9.17, 15) is 9.18 Å². The summed E-state index contributed by atoms with van der Waals surface area (Å²) in [6, 6.07) is 6.20. The van der Waals surface area contributed by atoms with E-state index in [1.54, 1.807) is 23.1 Å². The Balaban J connectivity index is 1.71. The van der Waals surface area contributed by atoms with Gasteiger partial charge in [-0.3, -0.25) is 4.79 Å². The van der Waals surface area contributed by atoms with Gasteiger partial charge in [-0.1, -0.05) is 25.0 Å². The minimum atomic E-state index is -0.449. The maximum absolute atomic E-state index is 13.7. The molecule has 108 valence electrons. The average molecular weight is 276 g/mol. The van der Waals surface area contributed by atoms with Crippen molar-refractivity contribution in [3.63, 3.8) is 0 Å². The Morgan fingerprint density at radius 3 is 2.70 bits per heavy atom. The molecule has 1 saturated carbocycles. The lowest BCUT2D eigenvalue weighted by atomic mass is 9.90. The third-order valence-electron chi connectivity index (χ3n) is 4.32. The summed E-state index contributed by atoms with van der Waals surface area (Å²) in [5.41, 5.74) is 6.24. The molecule has 0 aromatic heterocycles. The van der Waals surface area contributed by atoms with Crippen LogP contribution in [0.1, 0.15) is 36.0 Å². The normalized spacial score (nSPS) is 26.6. The van der Waals surface area contributed by atoms with Gasteiger partial charge in [-0.2, -0.15) is 0 Å². The van der Waals surface area contributed by atoms with E-state index in [4.69, 9.17) is 5.73 Å². The number of amides is 1. The first kappa shape index (κ1) is 13.6. The third kappa shape index (κ3) is 3.01. The zero-order valence-corrected chi connectivity index (χ0v) is 11.6. The highest BCUT2D eigenvalue weighted by Crippen LogP contribution is 2.37. The van der Waals surface area contributed by atoms with Crippen LogP contribution in [0.15, 0.2) is 24.3 Å². The molecule has 2 unspecified atom stereocenters. The quantitative estimate of drug-likeness (QED) is 0.921. The maximum atomic E-state index is 13.7. The summed E-state index contributed by atoms with van der Waals surface area (Å²) in [4.78, 5) is 14.2. The van der Waals surface area contributed by atoms with Crippen molar-refractivity contribution in [1.29, 1.82) is 0 Å². The number of piperidine rings is 1. The maximum Gasteiger partial charge on any atom is 0.256 e. The summed E-state index contributed by atoms with van der Waals surface area (Å²) in [6.45, 7) is 1.26. The minimum absolute atomic E-state index is 0.0169. The fourth-order valence-electron chi connectivity index (χ4n) is 3.21. The summed E-state index contributed by atoms with van der Waals surface area (Å²) in [5, 5.41) is 0. The molecule has 0 spiro atoms. The summed E-state index contributed by atoms with van der Waals surface area (Å²) >= 11 is 0. The zero-order chi connectivity index (χ0) is 14.1. The number of carbonyl (C=O) groups excluding carboxylic acids is 1. The van der Waals surface area contributed by atoms with Crippen molar-refractivity contribution in [2.75, 3.05) is 13.1 Å². The molecule has 1 aromatic carbocycles. The topological polar surface area (TPSA) is 46.3 Å². The molecule has 4 heteroatoms.